The van der Waals surface area contributed by atoms with Crippen LogP contribution < -0.4 is 15.4 Å². The van der Waals surface area contributed by atoms with Crippen molar-refractivity contribution in [3.05, 3.63) is 30.3 Å². The highest BCUT2D eigenvalue weighted by Gasteiger charge is 2.37. The summed E-state index contributed by atoms with van der Waals surface area (Å²) in [6, 6.07) is 6.70. The Balaban J connectivity index is 2.12. The first-order chi connectivity index (χ1) is 13.2. The van der Waals surface area contributed by atoms with Crippen molar-refractivity contribution in [1.82, 2.24) is 10.6 Å². The zero-order valence-corrected chi connectivity index (χ0v) is 16.7. The molecule has 2 atom stereocenters. The molecule has 0 heterocycles. The van der Waals surface area contributed by atoms with Gasteiger partial charge in [-0.3, -0.25) is 4.79 Å². The van der Waals surface area contributed by atoms with Crippen LogP contribution in [0, 0.1) is 11.3 Å². The highest BCUT2D eigenvalue weighted by molar-refractivity contribution is 5.90. The second-order valence-electron chi connectivity index (χ2n) is 8.37. The standard InChI is InChI=1S/C21H30N2O5/c1-21(2,3)17(19(25)26)23-18(24)16(14-10-6-4-7-11-14)22-20(27)28-15-12-8-5-9-13-15/h5,8-9,12-14,16-17H,4,6-7,10-11H2,1-3H3,(H,22,27)(H,23,24)(H,25,26). The molecule has 1 aromatic rings. The van der Waals surface area contributed by atoms with Gasteiger partial charge in [-0.1, -0.05) is 58.2 Å². The maximum absolute atomic E-state index is 12.9. The fourth-order valence-corrected chi connectivity index (χ4v) is 3.50. The van der Waals surface area contributed by atoms with Gasteiger partial charge in [0.05, 0.1) is 0 Å². The van der Waals surface area contributed by atoms with E-state index in [0.29, 0.717) is 5.75 Å². The fourth-order valence-electron chi connectivity index (χ4n) is 3.50. The highest BCUT2D eigenvalue weighted by atomic mass is 16.6. The SMILES string of the molecule is CC(C)(C)C(NC(=O)C(NC(=O)Oc1ccccc1)C1CCCCC1)C(=O)O. The van der Waals surface area contributed by atoms with E-state index in [2.05, 4.69) is 10.6 Å². The molecule has 1 saturated carbocycles. The molecule has 1 aromatic carbocycles. The monoisotopic (exact) mass is 390 g/mol. The van der Waals surface area contributed by atoms with Crippen molar-refractivity contribution in [3.63, 3.8) is 0 Å². The maximum atomic E-state index is 12.9. The van der Waals surface area contributed by atoms with E-state index in [4.69, 9.17) is 4.74 Å². The minimum atomic E-state index is -1.10. The van der Waals surface area contributed by atoms with E-state index in [1.165, 1.54) is 0 Å². The molecule has 154 valence electrons. The minimum Gasteiger partial charge on any atom is -0.480 e. The Hall–Kier alpha value is -2.57. The predicted molar refractivity (Wildman–Crippen MR) is 105 cm³/mol. The quantitative estimate of drug-likeness (QED) is 0.691. The number of carbonyl (C=O) groups excluding carboxylic acids is 2. The molecular weight excluding hydrogens is 360 g/mol. The van der Waals surface area contributed by atoms with Crippen LogP contribution in [0.25, 0.3) is 0 Å². The second kappa shape index (κ2) is 9.57. The number of aliphatic carboxylic acids is 1. The van der Waals surface area contributed by atoms with Crippen LogP contribution in [0.1, 0.15) is 52.9 Å². The van der Waals surface area contributed by atoms with Crippen molar-refractivity contribution >= 4 is 18.0 Å². The van der Waals surface area contributed by atoms with Crippen LogP contribution in [0.2, 0.25) is 0 Å². The van der Waals surface area contributed by atoms with Gasteiger partial charge in [0.1, 0.15) is 17.8 Å². The lowest BCUT2D eigenvalue weighted by Gasteiger charge is -2.33. The average Bonchev–Trinajstić information content (AvgIpc) is 2.64. The Labute approximate surface area is 165 Å². The first-order valence-corrected chi connectivity index (χ1v) is 9.75. The number of para-hydroxylation sites is 1. The topological polar surface area (TPSA) is 105 Å². The number of hydrogen-bond donors (Lipinski definition) is 3. The molecule has 1 aliphatic carbocycles. The van der Waals surface area contributed by atoms with Crippen molar-refractivity contribution in [3.8, 4) is 5.75 Å². The summed E-state index contributed by atoms with van der Waals surface area (Å²) in [6.45, 7) is 5.25. The van der Waals surface area contributed by atoms with E-state index >= 15 is 0 Å². The normalized spacial score (nSPS) is 17.2. The Bertz CT molecular complexity index is 678. The lowest BCUT2D eigenvalue weighted by Crippen LogP contribution is -2.58. The second-order valence-corrected chi connectivity index (χ2v) is 8.37. The summed E-state index contributed by atoms with van der Waals surface area (Å²) in [6.07, 6.45) is 3.93. The summed E-state index contributed by atoms with van der Waals surface area (Å²) in [5, 5.41) is 14.8. The van der Waals surface area contributed by atoms with Gasteiger partial charge in [0.25, 0.3) is 0 Å². The molecule has 0 aromatic heterocycles. The Morgan fingerprint density at radius 2 is 1.64 bits per heavy atom. The molecule has 7 heteroatoms. The van der Waals surface area contributed by atoms with Gasteiger partial charge in [0, 0.05) is 0 Å². The van der Waals surface area contributed by atoms with E-state index in [0.717, 1.165) is 32.1 Å². The highest BCUT2D eigenvalue weighted by Crippen LogP contribution is 2.27. The number of carboxylic acid groups (broad SMARTS) is 1. The molecule has 0 spiro atoms. The van der Waals surface area contributed by atoms with Gasteiger partial charge in [-0.25, -0.2) is 9.59 Å². The molecule has 28 heavy (non-hydrogen) atoms. The van der Waals surface area contributed by atoms with Gasteiger partial charge in [-0.05, 0) is 36.3 Å². The fraction of sp³-hybridized carbons (Fsp3) is 0.571. The van der Waals surface area contributed by atoms with Crippen LogP contribution in [0.4, 0.5) is 4.79 Å². The number of hydrogen-bond acceptors (Lipinski definition) is 4. The van der Waals surface area contributed by atoms with Crippen molar-refractivity contribution in [2.45, 2.75) is 65.0 Å². The Morgan fingerprint density at radius 3 is 2.18 bits per heavy atom. The van der Waals surface area contributed by atoms with E-state index in [-0.39, 0.29) is 5.92 Å². The number of ether oxygens (including phenoxy) is 1. The molecule has 2 unspecified atom stereocenters. The molecule has 2 rings (SSSR count). The Kier molecular flexibility index (Phi) is 7.43. The van der Waals surface area contributed by atoms with Crippen LogP contribution in [0.5, 0.6) is 5.75 Å². The van der Waals surface area contributed by atoms with E-state index in [1.54, 1.807) is 45.0 Å². The van der Waals surface area contributed by atoms with Crippen LogP contribution in [-0.4, -0.2) is 35.2 Å². The molecule has 0 radical (unpaired) electrons. The Morgan fingerprint density at radius 1 is 1.04 bits per heavy atom. The average molecular weight is 390 g/mol. The molecule has 1 aliphatic rings. The summed E-state index contributed by atoms with van der Waals surface area (Å²) in [7, 11) is 0. The number of carbonyl (C=O) groups is 3. The summed E-state index contributed by atoms with van der Waals surface area (Å²) in [4.78, 5) is 36.9. The van der Waals surface area contributed by atoms with E-state index in [9.17, 15) is 19.5 Å². The van der Waals surface area contributed by atoms with Crippen LogP contribution in [0.3, 0.4) is 0 Å². The first kappa shape index (κ1) is 21.7. The van der Waals surface area contributed by atoms with Crippen LogP contribution >= 0.6 is 0 Å². The lowest BCUT2D eigenvalue weighted by atomic mass is 9.82. The van der Waals surface area contributed by atoms with Crippen LogP contribution in [0.15, 0.2) is 30.3 Å². The summed E-state index contributed by atoms with van der Waals surface area (Å²) in [5.74, 6) is -1.26. The number of amides is 2. The summed E-state index contributed by atoms with van der Waals surface area (Å²) in [5.41, 5.74) is -0.664. The number of carboxylic acids is 1. The van der Waals surface area contributed by atoms with Crippen LogP contribution in [-0.2, 0) is 9.59 Å². The number of rotatable bonds is 6. The predicted octanol–water partition coefficient (Wildman–Crippen LogP) is 3.34. The molecule has 0 aliphatic heterocycles. The largest absolute Gasteiger partial charge is 0.480 e. The molecule has 0 saturated heterocycles. The van der Waals surface area contributed by atoms with Gasteiger partial charge in [0.2, 0.25) is 5.91 Å². The van der Waals surface area contributed by atoms with Crippen molar-refractivity contribution in [2.75, 3.05) is 0 Å². The van der Waals surface area contributed by atoms with Crippen molar-refractivity contribution < 1.29 is 24.2 Å². The number of nitrogens with one attached hydrogen (secondary N) is 2. The molecular formula is C21H30N2O5. The van der Waals surface area contributed by atoms with Gasteiger partial charge in [0.15, 0.2) is 0 Å². The molecule has 0 bridgehead atoms. The third kappa shape index (κ3) is 6.25. The first-order valence-electron chi connectivity index (χ1n) is 9.75. The summed E-state index contributed by atoms with van der Waals surface area (Å²) >= 11 is 0. The molecule has 2 amide bonds. The molecule has 7 nitrogen and oxygen atoms in total. The van der Waals surface area contributed by atoms with Gasteiger partial charge >= 0.3 is 12.1 Å². The maximum Gasteiger partial charge on any atom is 0.413 e. The third-order valence-corrected chi connectivity index (χ3v) is 5.03. The zero-order chi connectivity index (χ0) is 20.7. The van der Waals surface area contributed by atoms with Crippen molar-refractivity contribution in [1.29, 1.82) is 0 Å². The van der Waals surface area contributed by atoms with Gasteiger partial charge in [-0.15, -0.1) is 0 Å². The smallest absolute Gasteiger partial charge is 0.413 e. The zero-order valence-electron chi connectivity index (χ0n) is 16.7. The summed E-state index contributed by atoms with van der Waals surface area (Å²) < 4.78 is 5.26. The minimum absolute atomic E-state index is 0.0495. The molecule has 1 fully saturated rings. The lowest BCUT2D eigenvalue weighted by molar-refractivity contribution is -0.145. The molecule has 3 N–H and O–H groups in total. The van der Waals surface area contributed by atoms with Crippen molar-refractivity contribution in [2.24, 2.45) is 11.3 Å². The van der Waals surface area contributed by atoms with Gasteiger partial charge < -0.3 is 20.5 Å². The van der Waals surface area contributed by atoms with E-state index in [1.807, 2.05) is 6.07 Å². The third-order valence-electron chi connectivity index (χ3n) is 5.03. The van der Waals surface area contributed by atoms with Gasteiger partial charge in [-0.2, -0.15) is 0 Å². The van der Waals surface area contributed by atoms with E-state index < -0.39 is 35.5 Å². The number of benzene rings is 1.